The van der Waals surface area contributed by atoms with Crippen molar-refractivity contribution >= 4 is 33.7 Å². The van der Waals surface area contributed by atoms with Gasteiger partial charge in [-0.25, -0.2) is 4.39 Å². The summed E-state index contributed by atoms with van der Waals surface area (Å²) in [6.07, 6.45) is 3.23. The summed E-state index contributed by atoms with van der Waals surface area (Å²) >= 11 is 3.31. The summed E-state index contributed by atoms with van der Waals surface area (Å²) in [7, 11) is 0. The minimum Gasteiger partial charge on any atom is -0.347 e. The van der Waals surface area contributed by atoms with Gasteiger partial charge >= 0.3 is 0 Å². The zero-order valence-electron chi connectivity index (χ0n) is 15.7. The van der Waals surface area contributed by atoms with Crippen molar-refractivity contribution in [3.05, 3.63) is 69.4 Å². The summed E-state index contributed by atoms with van der Waals surface area (Å²) in [5.74, 6) is -1.08. The van der Waals surface area contributed by atoms with Crippen molar-refractivity contribution in [1.29, 1.82) is 0 Å². The summed E-state index contributed by atoms with van der Waals surface area (Å²) in [5, 5.41) is 3.08. The summed E-state index contributed by atoms with van der Waals surface area (Å²) < 4.78 is 13.9. The molecule has 1 aliphatic carbocycles. The molecule has 29 heavy (non-hydrogen) atoms. The van der Waals surface area contributed by atoms with Gasteiger partial charge in [-0.1, -0.05) is 28.1 Å². The molecule has 3 amide bonds. The minimum absolute atomic E-state index is 0.131. The van der Waals surface area contributed by atoms with E-state index in [-0.39, 0.29) is 36.5 Å². The number of rotatable bonds is 6. The van der Waals surface area contributed by atoms with Crippen LogP contribution in [0.3, 0.4) is 0 Å². The lowest BCUT2D eigenvalue weighted by atomic mass is 9.71. The molecule has 0 unspecified atom stereocenters. The fourth-order valence-electron chi connectivity index (χ4n) is 3.98. The Labute approximate surface area is 176 Å². The molecule has 2 aromatic carbocycles. The Balaban J connectivity index is 1.34. The normalized spacial score (nSPS) is 17.1. The number of benzene rings is 2. The van der Waals surface area contributed by atoms with Crippen LogP contribution in [-0.2, 0) is 10.3 Å². The first-order valence-electron chi connectivity index (χ1n) is 9.62. The van der Waals surface area contributed by atoms with Crippen LogP contribution in [-0.4, -0.2) is 29.2 Å². The Morgan fingerprint density at radius 2 is 1.76 bits per heavy atom. The highest BCUT2D eigenvalue weighted by Crippen LogP contribution is 2.41. The second kappa shape index (κ2) is 7.71. The first-order chi connectivity index (χ1) is 13.9. The van der Waals surface area contributed by atoms with Crippen molar-refractivity contribution < 1.29 is 18.8 Å². The molecule has 4 rings (SSSR count). The van der Waals surface area contributed by atoms with Gasteiger partial charge in [0.05, 0.1) is 16.7 Å². The Morgan fingerprint density at radius 1 is 1.07 bits per heavy atom. The molecule has 5 nitrogen and oxygen atoms in total. The largest absolute Gasteiger partial charge is 0.347 e. The number of nitrogens with one attached hydrogen (secondary N) is 1. The maximum Gasteiger partial charge on any atom is 0.261 e. The molecule has 1 saturated carbocycles. The molecule has 2 aromatic rings. The van der Waals surface area contributed by atoms with E-state index < -0.39 is 5.54 Å². The molecule has 1 aliphatic heterocycles. The van der Waals surface area contributed by atoms with E-state index in [1.54, 1.807) is 30.3 Å². The predicted octanol–water partition coefficient (Wildman–Crippen LogP) is 4.16. The minimum atomic E-state index is -0.438. The first-order valence-corrected chi connectivity index (χ1v) is 10.4. The molecular formula is C22H20BrFN2O3. The molecule has 7 heteroatoms. The maximum atomic E-state index is 13.2. The van der Waals surface area contributed by atoms with Crippen LogP contribution < -0.4 is 5.32 Å². The Kier molecular flexibility index (Phi) is 5.25. The van der Waals surface area contributed by atoms with E-state index >= 15 is 0 Å². The van der Waals surface area contributed by atoms with Gasteiger partial charge in [0.1, 0.15) is 5.82 Å². The molecule has 0 aromatic heterocycles. The van der Waals surface area contributed by atoms with Crippen LogP contribution in [0.2, 0.25) is 0 Å². The topological polar surface area (TPSA) is 66.5 Å². The maximum absolute atomic E-state index is 13.2. The van der Waals surface area contributed by atoms with Crippen molar-refractivity contribution in [1.82, 2.24) is 10.2 Å². The number of nitrogens with zero attached hydrogens (tertiary/aromatic N) is 1. The van der Waals surface area contributed by atoms with Crippen LogP contribution in [0.15, 0.2) is 46.9 Å². The number of imide groups is 1. The number of fused-ring (bicyclic) bond motifs is 1. The second-order valence-electron chi connectivity index (χ2n) is 7.55. The Morgan fingerprint density at radius 3 is 2.41 bits per heavy atom. The molecule has 0 spiro atoms. The number of carbonyl (C=O) groups excluding carboxylic acids is 3. The van der Waals surface area contributed by atoms with Gasteiger partial charge in [0, 0.05) is 17.4 Å². The molecule has 2 aliphatic rings. The lowest BCUT2D eigenvalue weighted by Crippen LogP contribution is -2.50. The van der Waals surface area contributed by atoms with Gasteiger partial charge in [0.25, 0.3) is 11.8 Å². The number of halogens is 2. The lowest BCUT2D eigenvalue weighted by Gasteiger charge is -2.43. The van der Waals surface area contributed by atoms with Gasteiger partial charge < -0.3 is 5.32 Å². The molecule has 1 fully saturated rings. The average Bonchev–Trinajstić information content (AvgIpc) is 2.90. The molecule has 150 valence electrons. The Hall–Kier alpha value is -2.54. The SMILES string of the molecule is O=C(CCCN1C(=O)c2ccc(Br)cc2C1=O)NC1(c2ccc(F)cc2)CCC1. The van der Waals surface area contributed by atoms with Gasteiger partial charge in [0.2, 0.25) is 5.91 Å². The molecular weight excluding hydrogens is 439 g/mol. The van der Waals surface area contributed by atoms with Gasteiger partial charge in [-0.05, 0) is 61.6 Å². The van der Waals surface area contributed by atoms with E-state index in [0.717, 1.165) is 29.3 Å². The molecule has 1 N–H and O–H groups in total. The van der Waals surface area contributed by atoms with Crippen LogP contribution in [0.1, 0.15) is 58.4 Å². The van der Waals surface area contributed by atoms with Gasteiger partial charge in [-0.15, -0.1) is 0 Å². The van der Waals surface area contributed by atoms with E-state index in [1.807, 2.05) is 0 Å². The highest BCUT2D eigenvalue weighted by molar-refractivity contribution is 9.10. The second-order valence-corrected chi connectivity index (χ2v) is 8.46. The molecule has 1 heterocycles. The summed E-state index contributed by atoms with van der Waals surface area (Å²) in [6, 6.07) is 11.2. The third-order valence-corrected chi connectivity index (χ3v) is 6.19. The number of hydrogen-bond acceptors (Lipinski definition) is 3. The highest BCUT2D eigenvalue weighted by atomic mass is 79.9. The standard InChI is InChI=1S/C22H20BrFN2O3/c23-15-6-9-17-18(13-15)21(29)26(20(17)28)12-1-3-19(27)25-22(10-2-11-22)14-4-7-16(24)8-5-14/h4-9,13H,1-3,10-12H2,(H,25,27). The number of amides is 3. The van der Waals surface area contributed by atoms with E-state index in [4.69, 9.17) is 0 Å². The summed E-state index contributed by atoms with van der Waals surface area (Å²) in [6.45, 7) is 0.195. The third-order valence-electron chi connectivity index (χ3n) is 5.70. The van der Waals surface area contributed by atoms with Crippen LogP contribution in [0.25, 0.3) is 0 Å². The molecule has 0 saturated heterocycles. The quantitative estimate of drug-likeness (QED) is 0.660. The third kappa shape index (κ3) is 3.71. The van der Waals surface area contributed by atoms with Crippen molar-refractivity contribution in [3.63, 3.8) is 0 Å². The van der Waals surface area contributed by atoms with Gasteiger partial charge in [-0.2, -0.15) is 0 Å². The van der Waals surface area contributed by atoms with Crippen LogP contribution >= 0.6 is 15.9 Å². The smallest absolute Gasteiger partial charge is 0.261 e. The van der Waals surface area contributed by atoms with E-state index in [0.29, 0.717) is 17.5 Å². The monoisotopic (exact) mass is 458 g/mol. The Bertz CT molecular complexity index is 986. The summed E-state index contributed by atoms with van der Waals surface area (Å²) in [4.78, 5) is 38.6. The van der Waals surface area contributed by atoms with Crippen molar-refractivity contribution in [2.24, 2.45) is 0 Å². The molecule has 0 atom stereocenters. The van der Waals surface area contributed by atoms with Crippen molar-refractivity contribution in [3.8, 4) is 0 Å². The van der Waals surface area contributed by atoms with Crippen LogP contribution in [0.4, 0.5) is 4.39 Å². The number of carbonyl (C=O) groups is 3. The van der Waals surface area contributed by atoms with Gasteiger partial charge in [0.15, 0.2) is 0 Å². The van der Waals surface area contributed by atoms with E-state index in [1.165, 1.54) is 17.0 Å². The summed E-state index contributed by atoms with van der Waals surface area (Å²) in [5.41, 5.74) is 1.25. The fourth-order valence-corrected chi connectivity index (χ4v) is 4.34. The van der Waals surface area contributed by atoms with Crippen molar-refractivity contribution in [2.45, 2.75) is 37.6 Å². The number of hydrogen-bond donors (Lipinski definition) is 1. The van der Waals surface area contributed by atoms with E-state index in [2.05, 4.69) is 21.2 Å². The first kappa shape index (κ1) is 19.8. The molecule has 0 radical (unpaired) electrons. The highest BCUT2D eigenvalue weighted by Gasteiger charge is 2.40. The van der Waals surface area contributed by atoms with Crippen LogP contribution in [0, 0.1) is 5.82 Å². The van der Waals surface area contributed by atoms with Crippen molar-refractivity contribution in [2.75, 3.05) is 6.54 Å². The van der Waals surface area contributed by atoms with Gasteiger partial charge in [-0.3, -0.25) is 19.3 Å². The molecule has 0 bridgehead atoms. The lowest BCUT2D eigenvalue weighted by molar-refractivity contribution is -0.124. The zero-order valence-corrected chi connectivity index (χ0v) is 17.3. The van der Waals surface area contributed by atoms with E-state index in [9.17, 15) is 18.8 Å². The average molecular weight is 459 g/mol. The van der Waals surface area contributed by atoms with Crippen LogP contribution in [0.5, 0.6) is 0 Å². The zero-order chi connectivity index (χ0) is 20.6. The predicted molar refractivity (Wildman–Crippen MR) is 109 cm³/mol. The fraction of sp³-hybridized carbons (Fsp3) is 0.318.